The van der Waals surface area contributed by atoms with E-state index in [4.69, 9.17) is 16.6 Å². The zero-order valence-electron chi connectivity index (χ0n) is 15.5. The molecule has 1 heterocycles. The van der Waals surface area contributed by atoms with Gasteiger partial charge in [0.1, 0.15) is 5.84 Å². The van der Waals surface area contributed by atoms with Crippen LogP contribution in [-0.4, -0.2) is 11.4 Å². The zero-order valence-corrected chi connectivity index (χ0v) is 16.2. The minimum atomic E-state index is -0.356. The standard InChI is InChI=1S/C22H26ClN3/c1-21(2,16-9-8-10-17(23)15-16)26-20-22(13-6-3-7-14-22)25-19-12-5-4-11-18(19)24-20/h4-5,8-12,15,25H,3,6-7,13-14H2,1-2H3,(H,24,26). The Morgan fingerprint density at radius 2 is 1.69 bits per heavy atom. The highest BCUT2D eigenvalue weighted by Gasteiger charge is 2.42. The van der Waals surface area contributed by atoms with Crippen molar-refractivity contribution in [2.24, 2.45) is 4.99 Å². The highest BCUT2D eigenvalue weighted by Crippen LogP contribution is 2.41. The summed E-state index contributed by atoms with van der Waals surface area (Å²) in [7, 11) is 0. The monoisotopic (exact) mass is 367 g/mol. The third-order valence-electron chi connectivity index (χ3n) is 5.64. The minimum Gasteiger partial charge on any atom is -0.371 e. The van der Waals surface area contributed by atoms with Gasteiger partial charge < -0.3 is 10.6 Å². The Kier molecular flexibility index (Phi) is 4.44. The Hall–Kier alpha value is -2.00. The van der Waals surface area contributed by atoms with Gasteiger partial charge in [-0.25, -0.2) is 0 Å². The highest BCUT2D eigenvalue weighted by atomic mass is 35.5. The van der Waals surface area contributed by atoms with Crippen molar-refractivity contribution >= 4 is 28.8 Å². The maximum Gasteiger partial charge on any atom is 0.128 e. The van der Waals surface area contributed by atoms with Crippen LogP contribution in [0.4, 0.5) is 11.4 Å². The SMILES string of the molecule is CC(C)(N=C1Nc2ccccc2NC12CCCCC2)c1cccc(Cl)c1. The summed E-state index contributed by atoms with van der Waals surface area (Å²) in [6.07, 6.45) is 5.98. The number of amidine groups is 1. The predicted molar refractivity (Wildman–Crippen MR) is 111 cm³/mol. The Balaban J connectivity index is 1.77. The molecular weight excluding hydrogens is 342 g/mol. The van der Waals surface area contributed by atoms with Crippen LogP contribution in [0.5, 0.6) is 0 Å². The second-order valence-electron chi connectivity index (χ2n) is 7.97. The van der Waals surface area contributed by atoms with Crippen molar-refractivity contribution in [1.82, 2.24) is 0 Å². The number of nitrogens with zero attached hydrogens (tertiary/aromatic N) is 1. The van der Waals surface area contributed by atoms with E-state index in [1.54, 1.807) is 0 Å². The molecule has 0 saturated heterocycles. The first kappa shape index (κ1) is 17.4. The topological polar surface area (TPSA) is 36.4 Å². The predicted octanol–water partition coefficient (Wildman–Crippen LogP) is 6.21. The van der Waals surface area contributed by atoms with Crippen LogP contribution in [0.2, 0.25) is 5.02 Å². The van der Waals surface area contributed by atoms with Crippen molar-refractivity contribution in [2.75, 3.05) is 10.6 Å². The lowest BCUT2D eigenvalue weighted by atomic mass is 9.78. The molecule has 136 valence electrons. The Morgan fingerprint density at radius 3 is 2.42 bits per heavy atom. The lowest BCUT2D eigenvalue weighted by Gasteiger charge is -2.45. The van der Waals surface area contributed by atoms with Crippen LogP contribution in [0.3, 0.4) is 0 Å². The van der Waals surface area contributed by atoms with Gasteiger partial charge in [-0.2, -0.15) is 0 Å². The van der Waals surface area contributed by atoms with Crippen LogP contribution in [0, 0.1) is 0 Å². The molecule has 0 bridgehead atoms. The normalized spacial score (nSPS) is 20.3. The fourth-order valence-electron chi connectivity index (χ4n) is 4.13. The number of aliphatic imine (C=N–C) groups is 1. The second-order valence-corrected chi connectivity index (χ2v) is 8.40. The molecule has 2 aromatic rings. The fourth-order valence-corrected chi connectivity index (χ4v) is 4.32. The highest BCUT2D eigenvalue weighted by molar-refractivity contribution is 6.30. The van der Waals surface area contributed by atoms with Gasteiger partial charge in [0.15, 0.2) is 0 Å². The third-order valence-corrected chi connectivity index (χ3v) is 5.87. The van der Waals surface area contributed by atoms with E-state index in [-0.39, 0.29) is 11.1 Å². The van der Waals surface area contributed by atoms with Gasteiger partial charge >= 0.3 is 0 Å². The molecule has 3 nitrogen and oxygen atoms in total. The van der Waals surface area contributed by atoms with E-state index < -0.39 is 0 Å². The van der Waals surface area contributed by atoms with Gasteiger partial charge in [-0.15, -0.1) is 0 Å². The second kappa shape index (κ2) is 6.62. The van der Waals surface area contributed by atoms with Gasteiger partial charge in [-0.1, -0.05) is 55.1 Å². The quantitative estimate of drug-likeness (QED) is 0.661. The van der Waals surface area contributed by atoms with Crippen molar-refractivity contribution in [1.29, 1.82) is 0 Å². The molecule has 4 heteroatoms. The summed E-state index contributed by atoms with van der Waals surface area (Å²) in [5, 5.41) is 8.23. The number of benzene rings is 2. The lowest BCUT2D eigenvalue weighted by Crippen LogP contribution is -2.54. The summed E-state index contributed by atoms with van der Waals surface area (Å²) in [5.74, 6) is 1.06. The summed E-state index contributed by atoms with van der Waals surface area (Å²) < 4.78 is 0. The Bertz CT molecular complexity index is 835. The van der Waals surface area contributed by atoms with Crippen molar-refractivity contribution in [2.45, 2.75) is 57.0 Å². The first-order valence-corrected chi connectivity index (χ1v) is 9.87. The van der Waals surface area contributed by atoms with Crippen LogP contribution in [0.15, 0.2) is 53.5 Å². The number of halogens is 1. The third kappa shape index (κ3) is 3.21. The smallest absolute Gasteiger partial charge is 0.128 e. The summed E-state index contributed by atoms with van der Waals surface area (Å²) in [6, 6.07) is 16.4. The number of fused-ring (bicyclic) bond motifs is 1. The van der Waals surface area contributed by atoms with Crippen LogP contribution in [-0.2, 0) is 5.54 Å². The number of hydrogen-bond acceptors (Lipinski definition) is 2. The molecule has 0 atom stereocenters. The zero-order chi connectivity index (χ0) is 18.2. The van der Waals surface area contributed by atoms with Crippen LogP contribution >= 0.6 is 11.6 Å². The average Bonchev–Trinajstić information content (AvgIpc) is 2.63. The van der Waals surface area contributed by atoms with Crippen molar-refractivity contribution in [3.8, 4) is 0 Å². The van der Waals surface area contributed by atoms with Crippen molar-refractivity contribution in [3.05, 3.63) is 59.1 Å². The summed E-state index contributed by atoms with van der Waals surface area (Å²) in [5.41, 5.74) is 2.95. The fraction of sp³-hybridized carbons (Fsp3) is 0.409. The molecule has 2 N–H and O–H groups in total. The van der Waals surface area contributed by atoms with E-state index in [0.29, 0.717) is 0 Å². The molecule has 1 aliphatic carbocycles. The van der Waals surface area contributed by atoms with E-state index in [0.717, 1.165) is 35.0 Å². The maximum absolute atomic E-state index is 6.23. The average molecular weight is 368 g/mol. The molecule has 0 radical (unpaired) electrons. The van der Waals surface area contributed by atoms with E-state index >= 15 is 0 Å². The van der Waals surface area contributed by atoms with Gasteiger partial charge in [-0.05, 0) is 56.5 Å². The van der Waals surface area contributed by atoms with E-state index in [2.05, 4.69) is 54.8 Å². The van der Waals surface area contributed by atoms with E-state index in [1.807, 2.05) is 18.2 Å². The molecule has 4 rings (SSSR count). The molecule has 1 spiro atoms. The van der Waals surface area contributed by atoms with Gasteiger partial charge in [-0.3, -0.25) is 4.99 Å². The maximum atomic E-state index is 6.23. The molecule has 1 saturated carbocycles. The van der Waals surface area contributed by atoms with Crippen LogP contribution in [0.1, 0.15) is 51.5 Å². The molecular formula is C22H26ClN3. The Labute approximate surface area is 160 Å². The molecule has 2 aliphatic rings. The molecule has 0 unspecified atom stereocenters. The minimum absolute atomic E-state index is 0.0948. The number of hydrogen-bond donors (Lipinski definition) is 2. The lowest BCUT2D eigenvalue weighted by molar-refractivity contribution is 0.398. The van der Waals surface area contributed by atoms with Crippen LogP contribution in [0.25, 0.3) is 0 Å². The van der Waals surface area contributed by atoms with Gasteiger partial charge in [0.05, 0.1) is 22.5 Å². The van der Waals surface area contributed by atoms with Crippen molar-refractivity contribution in [3.63, 3.8) is 0 Å². The number of para-hydroxylation sites is 2. The van der Waals surface area contributed by atoms with Crippen molar-refractivity contribution < 1.29 is 0 Å². The van der Waals surface area contributed by atoms with Gasteiger partial charge in [0.25, 0.3) is 0 Å². The summed E-state index contributed by atoms with van der Waals surface area (Å²) in [4.78, 5) is 5.24. The van der Waals surface area contributed by atoms with E-state index in [9.17, 15) is 0 Å². The molecule has 1 aliphatic heterocycles. The molecule has 26 heavy (non-hydrogen) atoms. The number of anilines is 2. The Morgan fingerprint density at radius 1 is 0.962 bits per heavy atom. The first-order valence-electron chi connectivity index (χ1n) is 9.49. The molecule has 0 amide bonds. The molecule has 0 aromatic heterocycles. The number of nitrogens with one attached hydrogen (secondary N) is 2. The van der Waals surface area contributed by atoms with Crippen LogP contribution < -0.4 is 10.6 Å². The van der Waals surface area contributed by atoms with Gasteiger partial charge in [0, 0.05) is 5.02 Å². The molecule has 1 fully saturated rings. The summed E-state index contributed by atoms with van der Waals surface area (Å²) >= 11 is 6.23. The largest absolute Gasteiger partial charge is 0.371 e. The summed E-state index contributed by atoms with van der Waals surface area (Å²) in [6.45, 7) is 4.31. The van der Waals surface area contributed by atoms with Gasteiger partial charge in [0.2, 0.25) is 0 Å². The van der Waals surface area contributed by atoms with E-state index in [1.165, 1.54) is 24.9 Å². The number of rotatable bonds is 2. The first-order chi connectivity index (χ1) is 12.5. The molecule has 2 aromatic carbocycles.